The maximum absolute atomic E-state index is 12.2. The minimum Gasteiger partial charge on any atom is -0.506 e. The first-order valence-electron chi connectivity index (χ1n) is 6.67. The molecule has 0 aliphatic carbocycles. The van der Waals surface area contributed by atoms with Crippen LogP contribution in [0.15, 0.2) is 35.4 Å². The highest BCUT2D eigenvalue weighted by molar-refractivity contribution is 14.1. The molecule has 2 N–H and O–H groups in total. The van der Waals surface area contributed by atoms with Crippen molar-refractivity contribution in [2.75, 3.05) is 7.11 Å². The van der Waals surface area contributed by atoms with Crippen LogP contribution in [-0.2, 0) is 0 Å². The molecule has 0 aliphatic rings. The number of methoxy groups -OCH3 is 1. The van der Waals surface area contributed by atoms with Gasteiger partial charge in [-0.05, 0) is 68.9 Å². The number of amides is 1. The summed E-state index contributed by atoms with van der Waals surface area (Å²) in [6.07, 6.45) is 1.41. The number of halogens is 2. The first-order chi connectivity index (χ1) is 11.8. The summed E-state index contributed by atoms with van der Waals surface area (Å²) in [7, 11) is 1.36. The van der Waals surface area contributed by atoms with E-state index in [0.717, 1.165) is 6.07 Å². The Kier molecular flexibility index (Phi) is 6.52. The number of nitrogens with zero attached hydrogens (tertiary/aromatic N) is 2. The van der Waals surface area contributed by atoms with Gasteiger partial charge in [-0.15, -0.1) is 0 Å². The van der Waals surface area contributed by atoms with E-state index < -0.39 is 10.8 Å². The van der Waals surface area contributed by atoms with Gasteiger partial charge in [-0.25, -0.2) is 5.43 Å². The molecule has 10 heteroatoms. The van der Waals surface area contributed by atoms with Crippen LogP contribution in [0.3, 0.4) is 0 Å². The number of benzene rings is 2. The average molecular weight is 567 g/mol. The fourth-order valence-electron chi connectivity index (χ4n) is 1.87. The Labute approximate surface area is 169 Å². The molecule has 0 spiro atoms. The van der Waals surface area contributed by atoms with Gasteiger partial charge in [0, 0.05) is 12.1 Å². The first kappa shape index (κ1) is 19.4. The Morgan fingerprint density at radius 2 is 1.96 bits per heavy atom. The SMILES string of the molecule is COc1ccc([N+](=O)[O-])cc1C(=O)NN=Cc1cc(I)c(O)c(I)c1. The number of ether oxygens (including phenoxy) is 1. The fraction of sp³-hybridized carbons (Fsp3) is 0.0667. The number of nitrogens with one attached hydrogen (secondary N) is 1. The highest BCUT2D eigenvalue weighted by Crippen LogP contribution is 2.27. The first-order valence-corrected chi connectivity index (χ1v) is 8.83. The zero-order chi connectivity index (χ0) is 18.6. The molecule has 0 radical (unpaired) electrons. The van der Waals surface area contributed by atoms with E-state index in [4.69, 9.17) is 4.74 Å². The molecule has 0 fully saturated rings. The Balaban J connectivity index is 2.20. The molecule has 8 nitrogen and oxygen atoms in total. The molecule has 25 heavy (non-hydrogen) atoms. The van der Waals surface area contributed by atoms with Crippen molar-refractivity contribution in [1.29, 1.82) is 0 Å². The third kappa shape index (κ3) is 4.78. The van der Waals surface area contributed by atoms with E-state index in [2.05, 4.69) is 10.5 Å². The van der Waals surface area contributed by atoms with Gasteiger partial charge in [0.15, 0.2) is 0 Å². The second kappa shape index (κ2) is 8.42. The molecule has 0 unspecified atom stereocenters. The molecule has 0 saturated carbocycles. The Morgan fingerprint density at radius 3 is 2.52 bits per heavy atom. The monoisotopic (exact) mass is 567 g/mol. The lowest BCUT2D eigenvalue weighted by atomic mass is 10.1. The smallest absolute Gasteiger partial charge is 0.275 e. The van der Waals surface area contributed by atoms with E-state index in [-0.39, 0.29) is 22.7 Å². The topological polar surface area (TPSA) is 114 Å². The van der Waals surface area contributed by atoms with Gasteiger partial charge in [-0.3, -0.25) is 14.9 Å². The number of carbonyl (C=O) groups excluding carboxylic acids is 1. The minimum atomic E-state index is -0.639. The number of carbonyl (C=O) groups is 1. The number of aromatic hydroxyl groups is 1. The van der Waals surface area contributed by atoms with Crippen molar-refractivity contribution in [2.45, 2.75) is 0 Å². The number of hydrazone groups is 1. The Bertz CT molecular complexity index is 847. The molecule has 0 bridgehead atoms. The number of nitro groups is 1. The number of phenolic OH excluding ortho intramolecular Hbond substituents is 1. The van der Waals surface area contributed by atoms with Crippen LogP contribution in [0.25, 0.3) is 0 Å². The van der Waals surface area contributed by atoms with Crippen molar-refractivity contribution in [3.63, 3.8) is 0 Å². The average Bonchev–Trinajstić information content (AvgIpc) is 2.58. The molecule has 0 saturated heterocycles. The molecule has 2 aromatic rings. The van der Waals surface area contributed by atoms with E-state index in [1.165, 1.54) is 25.5 Å². The number of non-ortho nitro benzene ring substituents is 1. The molecule has 0 aromatic heterocycles. The minimum absolute atomic E-state index is 0.00344. The zero-order valence-corrected chi connectivity index (χ0v) is 17.0. The molecule has 0 atom stereocenters. The van der Waals surface area contributed by atoms with Gasteiger partial charge in [-0.2, -0.15) is 5.10 Å². The lowest BCUT2D eigenvalue weighted by Crippen LogP contribution is -2.18. The van der Waals surface area contributed by atoms with Gasteiger partial charge >= 0.3 is 0 Å². The van der Waals surface area contributed by atoms with Crippen LogP contribution in [0.4, 0.5) is 5.69 Å². The van der Waals surface area contributed by atoms with Crippen LogP contribution in [-0.4, -0.2) is 29.3 Å². The van der Waals surface area contributed by atoms with Gasteiger partial charge < -0.3 is 9.84 Å². The maximum Gasteiger partial charge on any atom is 0.275 e. The summed E-state index contributed by atoms with van der Waals surface area (Å²) in [6, 6.07) is 7.11. The number of nitro benzene ring substituents is 1. The normalized spacial score (nSPS) is 10.7. The maximum atomic E-state index is 12.2. The predicted molar refractivity (Wildman–Crippen MR) is 108 cm³/mol. The molecule has 130 valence electrons. The van der Waals surface area contributed by atoms with Crippen molar-refractivity contribution in [3.05, 3.63) is 58.7 Å². The quantitative estimate of drug-likeness (QED) is 0.249. The molecular formula is C15H11I2N3O5. The second-order valence-corrected chi connectivity index (χ2v) is 7.00. The van der Waals surface area contributed by atoms with Crippen LogP contribution in [0, 0.1) is 17.3 Å². The number of phenols is 1. The summed E-state index contributed by atoms with van der Waals surface area (Å²) in [4.78, 5) is 22.5. The summed E-state index contributed by atoms with van der Waals surface area (Å²) in [5.74, 6) is -0.254. The fourth-order valence-corrected chi connectivity index (χ4v) is 3.69. The lowest BCUT2D eigenvalue weighted by Gasteiger charge is -2.06. The third-order valence-electron chi connectivity index (χ3n) is 3.06. The molecule has 2 aromatic carbocycles. The van der Waals surface area contributed by atoms with E-state index >= 15 is 0 Å². The zero-order valence-electron chi connectivity index (χ0n) is 12.7. The van der Waals surface area contributed by atoms with Gasteiger partial charge in [-0.1, -0.05) is 0 Å². The van der Waals surface area contributed by atoms with Gasteiger partial charge in [0.05, 0.1) is 31.0 Å². The summed E-state index contributed by atoms with van der Waals surface area (Å²) >= 11 is 3.97. The van der Waals surface area contributed by atoms with Crippen LogP contribution in [0.5, 0.6) is 11.5 Å². The van der Waals surface area contributed by atoms with Gasteiger partial charge in [0.25, 0.3) is 11.6 Å². The van der Waals surface area contributed by atoms with Crippen LogP contribution in [0.2, 0.25) is 0 Å². The van der Waals surface area contributed by atoms with Crippen molar-refractivity contribution >= 4 is 63.0 Å². The van der Waals surface area contributed by atoms with Crippen molar-refractivity contribution in [1.82, 2.24) is 5.43 Å². The highest BCUT2D eigenvalue weighted by atomic mass is 127. The number of rotatable bonds is 5. The molecule has 0 heterocycles. The summed E-state index contributed by atoms with van der Waals surface area (Å²) in [6.45, 7) is 0. The summed E-state index contributed by atoms with van der Waals surface area (Å²) in [5.41, 5.74) is 2.76. The highest BCUT2D eigenvalue weighted by Gasteiger charge is 2.17. The Morgan fingerprint density at radius 1 is 1.32 bits per heavy atom. The summed E-state index contributed by atoms with van der Waals surface area (Å²) < 4.78 is 6.35. The van der Waals surface area contributed by atoms with Gasteiger partial charge in [0.2, 0.25) is 0 Å². The molecule has 0 aliphatic heterocycles. The van der Waals surface area contributed by atoms with E-state index in [1.54, 1.807) is 12.1 Å². The Hall–Kier alpha value is -1.96. The van der Waals surface area contributed by atoms with Crippen molar-refractivity contribution < 1.29 is 19.6 Å². The second-order valence-electron chi connectivity index (χ2n) is 4.67. The third-order valence-corrected chi connectivity index (χ3v) is 4.70. The van der Waals surface area contributed by atoms with Crippen LogP contribution >= 0.6 is 45.2 Å². The molecule has 2 rings (SSSR count). The largest absolute Gasteiger partial charge is 0.506 e. The van der Waals surface area contributed by atoms with E-state index in [1.807, 2.05) is 45.2 Å². The number of hydrogen-bond donors (Lipinski definition) is 2. The summed E-state index contributed by atoms with van der Waals surface area (Å²) in [5, 5.41) is 24.4. The molecular weight excluding hydrogens is 556 g/mol. The van der Waals surface area contributed by atoms with E-state index in [0.29, 0.717) is 12.7 Å². The van der Waals surface area contributed by atoms with E-state index in [9.17, 15) is 20.0 Å². The lowest BCUT2D eigenvalue weighted by molar-refractivity contribution is -0.384. The van der Waals surface area contributed by atoms with Gasteiger partial charge in [0.1, 0.15) is 11.5 Å². The van der Waals surface area contributed by atoms with Crippen molar-refractivity contribution in [3.8, 4) is 11.5 Å². The number of hydrogen-bond acceptors (Lipinski definition) is 6. The predicted octanol–water partition coefficient (Wildman–Crippen LogP) is 3.28. The van der Waals surface area contributed by atoms with Crippen LogP contribution in [0.1, 0.15) is 15.9 Å². The van der Waals surface area contributed by atoms with Crippen molar-refractivity contribution in [2.24, 2.45) is 5.10 Å². The molecule has 1 amide bonds. The standard InChI is InChI=1S/C15H11I2N3O5/c1-25-13-3-2-9(20(23)24)6-10(13)15(22)19-18-7-8-4-11(16)14(21)12(17)5-8/h2-7,21H,1H3,(H,19,22). The van der Waals surface area contributed by atoms with Crippen LogP contribution < -0.4 is 10.2 Å².